The summed E-state index contributed by atoms with van der Waals surface area (Å²) < 4.78 is 81.9. The van der Waals surface area contributed by atoms with Crippen LogP contribution in [0.4, 0.5) is 26.3 Å². The van der Waals surface area contributed by atoms with Crippen molar-refractivity contribution in [1.82, 2.24) is 0 Å². The zero-order chi connectivity index (χ0) is 15.1. The van der Waals surface area contributed by atoms with Crippen molar-refractivity contribution < 1.29 is 31.1 Å². The summed E-state index contributed by atoms with van der Waals surface area (Å²) in [5, 5.41) is 0. The monoisotopic (exact) mass is 398 g/mol. The highest BCUT2D eigenvalue weighted by Crippen LogP contribution is 2.53. The molecule has 0 amide bonds. The average molecular weight is 398 g/mol. The Morgan fingerprint density at radius 1 is 1.00 bits per heavy atom. The van der Waals surface area contributed by atoms with Crippen LogP contribution in [0.2, 0.25) is 0 Å². The van der Waals surface area contributed by atoms with Crippen LogP contribution in [0.5, 0.6) is 0 Å². The van der Waals surface area contributed by atoms with Gasteiger partial charge < -0.3 is 4.74 Å². The van der Waals surface area contributed by atoms with Crippen molar-refractivity contribution in [2.45, 2.75) is 24.9 Å². The van der Waals surface area contributed by atoms with Gasteiger partial charge in [-0.3, -0.25) is 0 Å². The van der Waals surface area contributed by atoms with Crippen LogP contribution in [0.15, 0.2) is 18.2 Å². The first-order chi connectivity index (χ1) is 8.47. The van der Waals surface area contributed by atoms with Crippen molar-refractivity contribution in [3.63, 3.8) is 0 Å². The van der Waals surface area contributed by atoms with E-state index in [2.05, 4.69) is 4.74 Å². The number of benzene rings is 1. The SMILES string of the molecule is COC(c1cc(C)ccc1I)(C(F)(F)F)C(F)(F)F. The minimum absolute atomic E-state index is 0.167. The van der Waals surface area contributed by atoms with Gasteiger partial charge in [0.15, 0.2) is 0 Å². The average Bonchev–Trinajstić information content (AvgIpc) is 2.20. The van der Waals surface area contributed by atoms with Crippen LogP contribution in [0.1, 0.15) is 11.1 Å². The van der Waals surface area contributed by atoms with Crippen LogP contribution < -0.4 is 0 Å². The second-order valence-electron chi connectivity index (χ2n) is 3.86. The molecule has 0 aliphatic heterocycles. The maximum atomic E-state index is 13.0. The van der Waals surface area contributed by atoms with E-state index in [9.17, 15) is 26.3 Å². The van der Waals surface area contributed by atoms with Crippen LogP contribution in [-0.2, 0) is 10.3 Å². The molecule has 0 aromatic heterocycles. The van der Waals surface area contributed by atoms with Gasteiger partial charge in [0.1, 0.15) is 0 Å². The van der Waals surface area contributed by atoms with Crippen molar-refractivity contribution in [2.75, 3.05) is 7.11 Å². The Bertz CT molecular complexity index is 451. The smallest absolute Gasteiger partial charge is 0.357 e. The van der Waals surface area contributed by atoms with Gasteiger partial charge in [-0.1, -0.05) is 17.7 Å². The molecule has 8 heteroatoms. The van der Waals surface area contributed by atoms with Gasteiger partial charge in [-0.05, 0) is 35.6 Å². The van der Waals surface area contributed by atoms with Gasteiger partial charge >= 0.3 is 12.4 Å². The highest BCUT2D eigenvalue weighted by Gasteiger charge is 2.73. The number of rotatable bonds is 2. The summed E-state index contributed by atoms with van der Waals surface area (Å²) in [5.74, 6) is 0. The van der Waals surface area contributed by atoms with Crippen molar-refractivity contribution in [1.29, 1.82) is 0 Å². The van der Waals surface area contributed by atoms with E-state index >= 15 is 0 Å². The minimum Gasteiger partial charge on any atom is -0.357 e. The Labute approximate surface area is 119 Å². The van der Waals surface area contributed by atoms with Gasteiger partial charge in [-0.15, -0.1) is 0 Å². The second kappa shape index (κ2) is 5.12. The number of hydrogen-bond donors (Lipinski definition) is 0. The third-order valence-corrected chi connectivity index (χ3v) is 3.55. The Hall–Kier alpha value is -0.510. The molecule has 1 rings (SSSR count). The van der Waals surface area contributed by atoms with E-state index in [1.54, 1.807) is 0 Å². The molecule has 19 heavy (non-hydrogen) atoms. The lowest BCUT2D eigenvalue weighted by Crippen LogP contribution is -2.55. The predicted molar refractivity (Wildman–Crippen MR) is 64.7 cm³/mol. The summed E-state index contributed by atoms with van der Waals surface area (Å²) in [5.41, 5.74) is -4.98. The maximum Gasteiger partial charge on any atom is 0.430 e. The first-order valence-corrected chi connectivity index (χ1v) is 6.00. The molecule has 0 unspecified atom stereocenters. The zero-order valence-corrected chi connectivity index (χ0v) is 11.9. The van der Waals surface area contributed by atoms with E-state index in [1.807, 2.05) is 0 Å². The highest BCUT2D eigenvalue weighted by atomic mass is 127. The van der Waals surface area contributed by atoms with Crippen LogP contribution in [0.25, 0.3) is 0 Å². The molecule has 0 atom stereocenters. The first-order valence-electron chi connectivity index (χ1n) is 4.92. The summed E-state index contributed by atoms with van der Waals surface area (Å²) in [7, 11) is 0.402. The van der Waals surface area contributed by atoms with Crippen LogP contribution >= 0.6 is 22.6 Å². The van der Waals surface area contributed by atoms with Crippen molar-refractivity contribution in [2.24, 2.45) is 0 Å². The fourth-order valence-corrected chi connectivity index (χ4v) is 2.43. The zero-order valence-electron chi connectivity index (χ0n) is 9.79. The molecular weight excluding hydrogens is 389 g/mol. The van der Waals surface area contributed by atoms with E-state index in [0.717, 1.165) is 6.07 Å². The molecule has 1 aromatic rings. The van der Waals surface area contributed by atoms with Crippen LogP contribution in [0.3, 0.4) is 0 Å². The minimum atomic E-state index is -5.62. The number of alkyl halides is 6. The van der Waals surface area contributed by atoms with E-state index in [1.165, 1.54) is 41.6 Å². The molecule has 1 aromatic carbocycles. The standard InChI is InChI=1S/C11H9F6IO/c1-6-3-4-8(18)7(5-6)9(19-2,10(12,13)14)11(15,16)17/h3-5H,1-2H3. The molecule has 0 spiro atoms. The van der Waals surface area contributed by atoms with Gasteiger partial charge in [-0.25, -0.2) is 0 Å². The first kappa shape index (κ1) is 16.5. The van der Waals surface area contributed by atoms with Crippen LogP contribution in [0, 0.1) is 10.5 Å². The third-order valence-electron chi connectivity index (χ3n) is 2.61. The van der Waals surface area contributed by atoms with E-state index in [4.69, 9.17) is 0 Å². The van der Waals surface area contributed by atoms with Gasteiger partial charge in [-0.2, -0.15) is 26.3 Å². The lowest BCUT2D eigenvalue weighted by atomic mass is 9.91. The quantitative estimate of drug-likeness (QED) is 0.524. The van der Waals surface area contributed by atoms with Gasteiger partial charge in [0, 0.05) is 16.2 Å². The highest BCUT2D eigenvalue weighted by molar-refractivity contribution is 14.1. The molecule has 0 fully saturated rings. The number of ether oxygens (including phenoxy) is 1. The van der Waals surface area contributed by atoms with Crippen molar-refractivity contribution in [3.05, 3.63) is 32.9 Å². The summed E-state index contributed by atoms with van der Waals surface area (Å²) in [6, 6.07) is 3.46. The second-order valence-corrected chi connectivity index (χ2v) is 5.03. The normalized spacial score (nSPS) is 13.7. The number of hydrogen-bond acceptors (Lipinski definition) is 1. The molecule has 0 saturated heterocycles. The molecule has 1 nitrogen and oxygen atoms in total. The molecule has 0 heterocycles. The molecule has 0 aliphatic carbocycles. The van der Waals surface area contributed by atoms with E-state index < -0.39 is 23.5 Å². The molecule has 0 bridgehead atoms. The molecule has 0 N–H and O–H groups in total. The molecule has 0 radical (unpaired) electrons. The lowest BCUT2D eigenvalue weighted by Gasteiger charge is -2.36. The fraction of sp³-hybridized carbons (Fsp3) is 0.455. The number of aryl methyl sites for hydroxylation is 1. The van der Waals surface area contributed by atoms with Crippen molar-refractivity contribution >= 4 is 22.6 Å². The molecule has 0 saturated carbocycles. The van der Waals surface area contributed by atoms with Gasteiger partial charge in [0.05, 0.1) is 0 Å². The summed E-state index contributed by atoms with van der Waals surface area (Å²) in [4.78, 5) is 0. The fourth-order valence-electron chi connectivity index (χ4n) is 1.72. The Balaban J connectivity index is 3.70. The topological polar surface area (TPSA) is 9.23 Å². The molecule has 108 valence electrons. The van der Waals surface area contributed by atoms with E-state index in [-0.39, 0.29) is 9.13 Å². The summed E-state index contributed by atoms with van der Waals surface area (Å²) in [6.45, 7) is 1.41. The Morgan fingerprint density at radius 2 is 1.47 bits per heavy atom. The Morgan fingerprint density at radius 3 is 1.84 bits per heavy atom. The largest absolute Gasteiger partial charge is 0.430 e. The van der Waals surface area contributed by atoms with E-state index in [0.29, 0.717) is 7.11 Å². The van der Waals surface area contributed by atoms with Gasteiger partial charge in [0.25, 0.3) is 5.60 Å². The Kier molecular flexibility index (Phi) is 4.45. The summed E-state index contributed by atoms with van der Waals surface area (Å²) in [6.07, 6.45) is -11.2. The molecule has 0 aliphatic rings. The van der Waals surface area contributed by atoms with Crippen LogP contribution in [-0.4, -0.2) is 19.5 Å². The lowest BCUT2D eigenvalue weighted by molar-refractivity contribution is -0.383. The number of methoxy groups -OCH3 is 1. The van der Waals surface area contributed by atoms with Crippen molar-refractivity contribution in [3.8, 4) is 0 Å². The van der Waals surface area contributed by atoms with Gasteiger partial charge in [0.2, 0.25) is 0 Å². The molecular formula is C11H9F6IO. The maximum absolute atomic E-state index is 13.0. The predicted octanol–water partition coefficient (Wildman–Crippen LogP) is 4.57. The number of halogens is 7. The third kappa shape index (κ3) is 2.69. The summed E-state index contributed by atoms with van der Waals surface area (Å²) >= 11 is 1.43.